The topological polar surface area (TPSA) is 83.0 Å². The molecule has 0 aromatic carbocycles. The molecular formula is C9H12N2O3S. The molecule has 1 rings (SSSR count). The van der Waals surface area contributed by atoms with Crippen LogP contribution in [0.4, 0.5) is 0 Å². The first-order valence-corrected chi connectivity index (χ1v) is 5.49. The van der Waals surface area contributed by atoms with Crippen LogP contribution >= 0.6 is 11.8 Å². The van der Waals surface area contributed by atoms with Gasteiger partial charge in [0.1, 0.15) is 11.4 Å². The van der Waals surface area contributed by atoms with Gasteiger partial charge in [0.2, 0.25) is 0 Å². The number of carbonyl (C=O) groups is 1. The first-order chi connectivity index (χ1) is 6.88. The highest BCUT2D eigenvalue weighted by atomic mass is 32.2. The monoisotopic (exact) mass is 228 g/mol. The summed E-state index contributed by atoms with van der Waals surface area (Å²) in [6.45, 7) is 3.80. The van der Waals surface area contributed by atoms with Crippen molar-refractivity contribution in [1.82, 2.24) is 9.97 Å². The Morgan fingerprint density at radius 3 is 2.60 bits per heavy atom. The van der Waals surface area contributed by atoms with E-state index in [4.69, 9.17) is 5.11 Å². The van der Waals surface area contributed by atoms with E-state index in [0.717, 1.165) is 6.20 Å². The second kappa shape index (κ2) is 4.06. The zero-order valence-electron chi connectivity index (χ0n) is 8.70. The minimum absolute atomic E-state index is 0.337. The zero-order valence-corrected chi connectivity index (χ0v) is 9.51. The maximum absolute atomic E-state index is 11.4. The molecule has 0 bridgehead atoms. The van der Waals surface area contributed by atoms with Crippen molar-refractivity contribution in [2.24, 2.45) is 0 Å². The normalized spacial score (nSPS) is 11.4. The van der Waals surface area contributed by atoms with Gasteiger partial charge in [-0.05, 0) is 20.1 Å². The fourth-order valence-corrected chi connectivity index (χ4v) is 1.25. The molecule has 0 atom stereocenters. The number of hydrogen-bond donors (Lipinski definition) is 2. The summed E-state index contributed by atoms with van der Waals surface area (Å²) in [6, 6.07) is 0. The first-order valence-electron chi connectivity index (χ1n) is 4.26. The molecule has 1 heterocycles. The Hall–Kier alpha value is -1.30. The van der Waals surface area contributed by atoms with E-state index in [2.05, 4.69) is 9.97 Å². The lowest BCUT2D eigenvalue weighted by Gasteiger charge is -2.20. The third-order valence-electron chi connectivity index (χ3n) is 2.11. The standard InChI is InChI=1S/C9H12N2O3S/c1-9(2,15-3)8-10-4-5(7(13)14)6(12)11-8/h4H,1-3H3,(H,13,14)(H,10,11,12). The SMILES string of the molecule is CSC(C)(C)c1ncc(C(=O)O)c(=O)[nH]1. The molecule has 82 valence electrons. The molecule has 15 heavy (non-hydrogen) atoms. The van der Waals surface area contributed by atoms with Crippen LogP contribution in [0.1, 0.15) is 30.0 Å². The molecule has 5 nitrogen and oxygen atoms in total. The maximum atomic E-state index is 11.4. The van der Waals surface area contributed by atoms with Crippen molar-refractivity contribution in [3.8, 4) is 0 Å². The van der Waals surface area contributed by atoms with Gasteiger partial charge in [0.05, 0.1) is 4.75 Å². The third-order valence-corrected chi connectivity index (χ3v) is 3.32. The highest BCUT2D eigenvalue weighted by Gasteiger charge is 2.23. The summed E-state index contributed by atoms with van der Waals surface area (Å²) in [5, 5.41) is 8.65. The lowest BCUT2D eigenvalue weighted by Crippen LogP contribution is -2.25. The van der Waals surface area contributed by atoms with Crippen LogP contribution in [0.2, 0.25) is 0 Å². The summed E-state index contributed by atoms with van der Waals surface area (Å²) in [4.78, 5) is 28.4. The quantitative estimate of drug-likeness (QED) is 0.808. The largest absolute Gasteiger partial charge is 0.477 e. The number of aromatic nitrogens is 2. The van der Waals surface area contributed by atoms with E-state index in [1.807, 2.05) is 20.1 Å². The lowest BCUT2D eigenvalue weighted by molar-refractivity contribution is 0.0694. The van der Waals surface area contributed by atoms with Crippen LogP contribution in [-0.4, -0.2) is 27.3 Å². The van der Waals surface area contributed by atoms with Gasteiger partial charge in [-0.25, -0.2) is 9.78 Å². The second-order valence-electron chi connectivity index (χ2n) is 3.49. The molecule has 1 aromatic heterocycles. The number of aromatic carboxylic acids is 1. The van der Waals surface area contributed by atoms with Crippen LogP contribution < -0.4 is 5.56 Å². The molecule has 2 N–H and O–H groups in total. The fourth-order valence-electron chi connectivity index (χ4n) is 0.950. The molecule has 0 saturated heterocycles. The molecule has 0 unspecified atom stereocenters. The highest BCUT2D eigenvalue weighted by molar-refractivity contribution is 7.99. The Kier molecular flexibility index (Phi) is 3.18. The molecule has 0 aliphatic rings. The van der Waals surface area contributed by atoms with E-state index >= 15 is 0 Å². The Morgan fingerprint density at radius 2 is 2.20 bits per heavy atom. The van der Waals surface area contributed by atoms with Gasteiger partial charge in [0.15, 0.2) is 0 Å². The van der Waals surface area contributed by atoms with Crippen molar-refractivity contribution >= 4 is 17.7 Å². The van der Waals surface area contributed by atoms with Crippen molar-refractivity contribution in [2.45, 2.75) is 18.6 Å². The number of hydrogen-bond acceptors (Lipinski definition) is 4. The Labute approximate surface area is 90.9 Å². The Bertz CT molecular complexity index is 439. The smallest absolute Gasteiger partial charge is 0.342 e. The molecule has 0 amide bonds. The molecule has 6 heteroatoms. The van der Waals surface area contributed by atoms with Gasteiger partial charge in [-0.15, -0.1) is 0 Å². The van der Waals surface area contributed by atoms with Crippen LogP contribution in [0.25, 0.3) is 0 Å². The van der Waals surface area contributed by atoms with Gasteiger partial charge in [-0.3, -0.25) is 4.79 Å². The summed E-state index contributed by atoms with van der Waals surface area (Å²) in [7, 11) is 0. The van der Waals surface area contributed by atoms with E-state index in [-0.39, 0.29) is 10.3 Å². The summed E-state index contributed by atoms with van der Waals surface area (Å²) >= 11 is 1.52. The van der Waals surface area contributed by atoms with Crippen molar-refractivity contribution in [3.63, 3.8) is 0 Å². The molecule has 0 fully saturated rings. The fraction of sp³-hybridized carbons (Fsp3) is 0.444. The number of rotatable bonds is 3. The van der Waals surface area contributed by atoms with Gasteiger partial charge in [0, 0.05) is 6.20 Å². The van der Waals surface area contributed by atoms with Gasteiger partial charge >= 0.3 is 5.97 Å². The van der Waals surface area contributed by atoms with Crippen molar-refractivity contribution in [1.29, 1.82) is 0 Å². The van der Waals surface area contributed by atoms with Crippen molar-refractivity contribution in [2.75, 3.05) is 6.26 Å². The number of carboxylic acid groups (broad SMARTS) is 1. The molecular weight excluding hydrogens is 216 g/mol. The highest BCUT2D eigenvalue weighted by Crippen LogP contribution is 2.29. The Morgan fingerprint density at radius 1 is 1.60 bits per heavy atom. The number of carboxylic acids is 1. The van der Waals surface area contributed by atoms with Crippen LogP contribution in [0.3, 0.4) is 0 Å². The van der Waals surface area contributed by atoms with Gasteiger partial charge in [0.25, 0.3) is 5.56 Å². The van der Waals surface area contributed by atoms with E-state index in [0.29, 0.717) is 5.82 Å². The predicted molar refractivity (Wildman–Crippen MR) is 58.4 cm³/mol. The van der Waals surface area contributed by atoms with Crippen LogP contribution in [-0.2, 0) is 4.75 Å². The number of nitrogens with zero attached hydrogens (tertiary/aromatic N) is 1. The average molecular weight is 228 g/mol. The summed E-state index contributed by atoms with van der Waals surface area (Å²) in [5.41, 5.74) is -0.953. The molecule has 0 saturated carbocycles. The van der Waals surface area contributed by atoms with Gasteiger partial charge < -0.3 is 10.1 Å². The minimum atomic E-state index is -1.27. The van der Waals surface area contributed by atoms with E-state index in [9.17, 15) is 9.59 Å². The Balaban J connectivity index is 3.24. The maximum Gasteiger partial charge on any atom is 0.342 e. The van der Waals surface area contributed by atoms with E-state index in [1.54, 1.807) is 0 Å². The van der Waals surface area contributed by atoms with Gasteiger partial charge in [-0.1, -0.05) is 0 Å². The van der Waals surface area contributed by atoms with E-state index < -0.39 is 11.5 Å². The summed E-state index contributed by atoms with van der Waals surface area (Å²) < 4.78 is -0.337. The minimum Gasteiger partial charge on any atom is -0.477 e. The summed E-state index contributed by atoms with van der Waals surface area (Å²) in [6.07, 6.45) is 2.99. The predicted octanol–water partition coefficient (Wildman–Crippen LogP) is 1.07. The average Bonchev–Trinajstić information content (AvgIpc) is 2.17. The number of aromatic amines is 1. The third kappa shape index (κ3) is 2.38. The van der Waals surface area contributed by atoms with Crippen molar-refractivity contribution in [3.05, 3.63) is 27.9 Å². The zero-order chi connectivity index (χ0) is 11.6. The molecule has 0 aliphatic heterocycles. The van der Waals surface area contributed by atoms with Crippen molar-refractivity contribution < 1.29 is 9.90 Å². The van der Waals surface area contributed by atoms with Gasteiger partial charge in [-0.2, -0.15) is 11.8 Å². The van der Waals surface area contributed by atoms with Crippen LogP contribution in [0.5, 0.6) is 0 Å². The van der Waals surface area contributed by atoms with Crippen LogP contribution in [0.15, 0.2) is 11.0 Å². The first kappa shape index (κ1) is 11.8. The number of H-pyrrole nitrogens is 1. The molecule has 0 spiro atoms. The molecule has 1 aromatic rings. The number of nitrogens with one attached hydrogen (secondary N) is 1. The van der Waals surface area contributed by atoms with E-state index in [1.165, 1.54) is 11.8 Å². The summed E-state index contributed by atoms with van der Waals surface area (Å²) in [5.74, 6) is -0.790. The lowest BCUT2D eigenvalue weighted by atomic mass is 10.2. The number of thioether (sulfide) groups is 1. The van der Waals surface area contributed by atoms with Crippen LogP contribution in [0, 0.1) is 0 Å². The molecule has 0 aliphatic carbocycles. The molecule has 0 radical (unpaired) electrons. The second-order valence-corrected chi connectivity index (χ2v) is 4.92.